The lowest BCUT2D eigenvalue weighted by atomic mass is 10.1. The number of benzene rings is 2. The Balaban J connectivity index is 1.40. The predicted octanol–water partition coefficient (Wildman–Crippen LogP) is 2.39. The molecule has 0 unspecified atom stereocenters. The molecule has 0 bridgehead atoms. The molecular formula is C23H24N2O7. The van der Waals surface area contributed by atoms with E-state index in [1.165, 1.54) is 7.11 Å². The number of carbonyl (C=O) groups excluding carboxylic acids is 3. The van der Waals surface area contributed by atoms with Crippen molar-refractivity contribution in [3.05, 3.63) is 42.5 Å². The molecule has 32 heavy (non-hydrogen) atoms. The second kappa shape index (κ2) is 9.59. The maximum absolute atomic E-state index is 12.9. The number of hydrogen-bond donors (Lipinski definition) is 1. The summed E-state index contributed by atoms with van der Waals surface area (Å²) in [6.07, 6.45) is 0.200. The molecule has 0 radical (unpaired) electrons. The fraction of sp³-hybridized carbons (Fsp3) is 0.348. The number of amides is 2. The summed E-state index contributed by atoms with van der Waals surface area (Å²) in [6, 6.07) is 12.3. The number of nitrogens with zero attached hydrogens (tertiary/aromatic N) is 1. The molecule has 2 aromatic rings. The lowest BCUT2D eigenvalue weighted by Gasteiger charge is -2.22. The Morgan fingerprint density at radius 2 is 1.91 bits per heavy atom. The summed E-state index contributed by atoms with van der Waals surface area (Å²) in [5.41, 5.74) is 1.15. The fourth-order valence-electron chi connectivity index (χ4n) is 3.61. The molecule has 0 aliphatic carbocycles. The third-order valence-corrected chi connectivity index (χ3v) is 5.27. The molecule has 168 valence electrons. The smallest absolute Gasteiger partial charge is 0.308 e. The largest absolute Gasteiger partial charge is 0.491 e. The average Bonchev–Trinajstić information content (AvgIpc) is 3.21. The molecule has 1 saturated heterocycles. The molecule has 2 heterocycles. The van der Waals surface area contributed by atoms with Gasteiger partial charge in [-0.15, -0.1) is 0 Å². The summed E-state index contributed by atoms with van der Waals surface area (Å²) < 4.78 is 21.3. The SMILES string of the molecule is COC(=O)CCOc1ccccc1NC(=O)[C@@H]1CC(=O)N(c2ccc3c(c2)OCCO3)C1. The van der Waals surface area contributed by atoms with E-state index in [1.54, 1.807) is 47.4 Å². The van der Waals surface area contributed by atoms with Crippen molar-refractivity contribution in [3.8, 4) is 17.2 Å². The number of ether oxygens (including phenoxy) is 4. The predicted molar refractivity (Wildman–Crippen MR) is 115 cm³/mol. The third-order valence-electron chi connectivity index (χ3n) is 5.27. The first kappa shape index (κ1) is 21.5. The molecule has 0 aromatic heterocycles. The molecular weight excluding hydrogens is 416 g/mol. The Morgan fingerprint density at radius 1 is 1.12 bits per heavy atom. The van der Waals surface area contributed by atoms with Crippen molar-refractivity contribution in [2.45, 2.75) is 12.8 Å². The lowest BCUT2D eigenvalue weighted by Crippen LogP contribution is -2.28. The monoisotopic (exact) mass is 440 g/mol. The number of anilines is 2. The summed E-state index contributed by atoms with van der Waals surface area (Å²) in [5, 5.41) is 2.84. The van der Waals surface area contributed by atoms with Gasteiger partial charge in [0.1, 0.15) is 19.0 Å². The van der Waals surface area contributed by atoms with E-state index in [4.69, 9.17) is 14.2 Å². The van der Waals surface area contributed by atoms with E-state index in [0.717, 1.165) is 0 Å². The van der Waals surface area contributed by atoms with Gasteiger partial charge in [-0.3, -0.25) is 14.4 Å². The van der Waals surface area contributed by atoms with Gasteiger partial charge in [0.2, 0.25) is 11.8 Å². The number of carbonyl (C=O) groups is 3. The Labute approximate surface area is 185 Å². The quantitative estimate of drug-likeness (QED) is 0.660. The van der Waals surface area contributed by atoms with Crippen LogP contribution in [0.5, 0.6) is 17.2 Å². The first-order chi connectivity index (χ1) is 15.5. The first-order valence-electron chi connectivity index (χ1n) is 10.3. The number of methoxy groups -OCH3 is 1. The maximum atomic E-state index is 12.9. The second-order valence-electron chi connectivity index (χ2n) is 7.39. The summed E-state index contributed by atoms with van der Waals surface area (Å²) in [6.45, 7) is 1.33. The zero-order chi connectivity index (χ0) is 22.5. The molecule has 2 amide bonds. The van der Waals surface area contributed by atoms with Gasteiger partial charge in [-0.25, -0.2) is 0 Å². The van der Waals surface area contributed by atoms with Crippen LogP contribution in [0.3, 0.4) is 0 Å². The standard InChI is InChI=1S/C23H24N2O7/c1-29-22(27)8-9-30-18-5-3-2-4-17(18)24-23(28)15-12-21(26)25(14-15)16-6-7-19-20(13-16)32-11-10-31-19/h2-7,13,15H,8-12,14H2,1H3,(H,24,28)/t15-/m1/s1. The summed E-state index contributed by atoms with van der Waals surface area (Å²) in [4.78, 5) is 38.4. The van der Waals surface area contributed by atoms with Crippen molar-refractivity contribution in [3.63, 3.8) is 0 Å². The molecule has 0 saturated carbocycles. The Bertz CT molecular complexity index is 1020. The molecule has 1 N–H and O–H groups in total. The zero-order valence-corrected chi connectivity index (χ0v) is 17.7. The van der Waals surface area contributed by atoms with E-state index < -0.39 is 5.92 Å². The molecule has 9 nitrogen and oxygen atoms in total. The summed E-state index contributed by atoms with van der Waals surface area (Å²) in [7, 11) is 1.31. The minimum Gasteiger partial charge on any atom is -0.491 e. The number of nitrogens with one attached hydrogen (secondary N) is 1. The van der Waals surface area contributed by atoms with Gasteiger partial charge >= 0.3 is 5.97 Å². The minimum atomic E-state index is -0.515. The molecule has 4 rings (SSSR count). The highest BCUT2D eigenvalue weighted by atomic mass is 16.6. The van der Waals surface area contributed by atoms with Crippen LogP contribution in [0.25, 0.3) is 0 Å². The van der Waals surface area contributed by atoms with Crippen LogP contribution in [0, 0.1) is 5.92 Å². The Morgan fingerprint density at radius 3 is 2.72 bits per heavy atom. The molecule has 2 aliphatic rings. The van der Waals surface area contributed by atoms with Crippen LogP contribution in [-0.2, 0) is 19.1 Å². The van der Waals surface area contributed by atoms with Crippen LogP contribution in [0.4, 0.5) is 11.4 Å². The summed E-state index contributed by atoms with van der Waals surface area (Å²) >= 11 is 0. The van der Waals surface area contributed by atoms with Crippen molar-refractivity contribution < 1.29 is 33.3 Å². The normalized spacial score (nSPS) is 17.1. The molecule has 2 aliphatic heterocycles. The minimum absolute atomic E-state index is 0.0976. The van der Waals surface area contributed by atoms with Crippen LogP contribution in [-0.4, -0.2) is 51.3 Å². The first-order valence-corrected chi connectivity index (χ1v) is 10.3. The number of para-hydroxylation sites is 2. The summed E-state index contributed by atoms with van der Waals surface area (Å²) in [5.74, 6) is 0.371. The number of rotatable bonds is 7. The molecule has 0 spiro atoms. The Kier molecular flexibility index (Phi) is 6.44. The number of esters is 1. The molecule has 9 heteroatoms. The highest BCUT2D eigenvalue weighted by Crippen LogP contribution is 2.36. The number of hydrogen-bond acceptors (Lipinski definition) is 7. The topological polar surface area (TPSA) is 103 Å². The highest BCUT2D eigenvalue weighted by molar-refractivity contribution is 6.04. The van der Waals surface area contributed by atoms with E-state index in [1.807, 2.05) is 0 Å². The highest BCUT2D eigenvalue weighted by Gasteiger charge is 2.36. The lowest BCUT2D eigenvalue weighted by molar-refractivity contribution is -0.141. The van der Waals surface area contributed by atoms with Gasteiger partial charge in [-0.2, -0.15) is 0 Å². The number of fused-ring (bicyclic) bond motifs is 1. The van der Waals surface area contributed by atoms with E-state index in [-0.39, 0.29) is 43.8 Å². The van der Waals surface area contributed by atoms with Gasteiger partial charge < -0.3 is 29.2 Å². The maximum Gasteiger partial charge on any atom is 0.308 e. The van der Waals surface area contributed by atoms with Gasteiger partial charge in [-0.05, 0) is 24.3 Å². The van der Waals surface area contributed by atoms with Crippen LogP contribution >= 0.6 is 0 Å². The van der Waals surface area contributed by atoms with E-state index in [2.05, 4.69) is 10.1 Å². The van der Waals surface area contributed by atoms with E-state index in [9.17, 15) is 14.4 Å². The van der Waals surface area contributed by atoms with Crippen molar-refractivity contribution in [1.82, 2.24) is 0 Å². The van der Waals surface area contributed by atoms with E-state index in [0.29, 0.717) is 41.8 Å². The third kappa shape index (κ3) is 4.77. The Hall–Kier alpha value is -3.75. The van der Waals surface area contributed by atoms with Crippen LogP contribution in [0.15, 0.2) is 42.5 Å². The second-order valence-corrected chi connectivity index (χ2v) is 7.39. The van der Waals surface area contributed by atoms with Crippen molar-refractivity contribution in [1.29, 1.82) is 0 Å². The fourth-order valence-corrected chi connectivity index (χ4v) is 3.61. The average molecular weight is 440 g/mol. The van der Waals surface area contributed by atoms with Gasteiger partial charge in [0.25, 0.3) is 0 Å². The van der Waals surface area contributed by atoms with Crippen molar-refractivity contribution in [2.75, 3.05) is 43.7 Å². The van der Waals surface area contributed by atoms with Crippen LogP contribution in [0.1, 0.15) is 12.8 Å². The van der Waals surface area contributed by atoms with Crippen molar-refractivity contribution in [2.24, 2.45) is 5.92 Å². The molecule has 2 aromatic carbocycles. The van der Waals surface area contributed by atoms with Gasteiger partial charge in [-0.1, -0.05) is 12.1 Å². The van der Waals surface area contributed by atoms with E-state index >= 15 is 0 Å². The van der Waals surface area contributed by atoms with Crippen LogP contribution in [0.2, 0.25) is 0 Å². The zero-order valence-electron chi connectivity index (χ0n) is 17.7. The van der Waals surface area contributed by atoms with Gasteiger partial charge in [0.05, 0.1) is 31.7 Å². The van der Waals surface area contributed by atoms with Gasteiger partial charge in [0, 0.05) is 24.7 Å². The molecule has 1 fully saturated rings. The molecule has 1 atom stereocenters. The van der Waals surface area contributed by atoms with Crippen LogP contribution < -0.4 is 24.4 Å². The van der Waals surface area contributed by atoms with Crippen molar-refractivity contribution >= 4 is 29.2 Å². The van der Waals surface area contributed by atoms with Gasteiger partial charge in [0.15, 0.2) is 11.5 Å².